The molecule has 1 N–H and O–H groups in total. The Balaban J connectivity index is 1.66. The third kappa shape index (κ3) is 3.59. The lowest BCUT2D eigenvalue weighted by molar-refractivity contribution is 0.0650. The first-order chi connectivity index (χ1) is 13.0. The van der Waals surface area contributed by atoms with Crippen LogP contribution in [-0.4, -0.2) is 49.9 Å². The summed E-state index contributed by atoms with van der Waals surface area (Å²) in [5.41, 5.74) is 0.820. The van der Waals surface area contributed by atoms with Crippen LogP contribution in [-0.2, 0) is 0 Å². The van der Waals surface area contributed by atoms with Gasteiger partial charge in [-0.25, -0.2) is 0 Å². The normalized spacial score (nSPS) is 12.8. The monoisotopic (exact) mass is 388 g/mol. The van der Waals surface area contributed by atoms with Gasteiger partial charge < -0.3 is 14.8 Å². The second kappa shape index (κ2) is 7.67. The SMILES string of the molecule is COc1cc(OC)cc(C(=O)NCCN2C(=O)c3cccc(Cl)c3C2=O)c1. The van der Waals surface area contributed by atoms with Crippen LogP contribution < -0.4 is 14.8 Å². The van der Waals surface area contributed by atoms with Gasteiger partial charge in [0.1, 0.15) is 11.5 Å². The molecule has 2 aromatic carbocycles. The number of methoxy groups -OCH3 is 2. The molecule has 27 heavy (non-hydrogen) atoms. The van der Waals surface area contributed by atoms with E-state index in [1.165, 1.54) is 14.2 Å². The quantitative estimate of drug-likeness (QED) is 0.768. The molecule has 0 aromatic heterocycles. The fourth-order valence-electron chi connectivity index (χ4n) is 2.82. The van der Waals surface area contributed by atoms with Crippen LogP contribution in [0.1, 0.15) is 31.1 Å². The highest BCUT2D eigenvalue weighted by Crippen LogP contribution is 2.28. The topological polar surface area (TPSA) is 84.9 Å². The Morgan fingerprint density at radius 1 is 1.07 bits per heavy atom. The molecule has 8 heteroatoms. The Morgan fingerprint density at radius 3 is 2.33 bits per heavy atom. The van der Waals surface area contributed by atoms with Gasteiger partial charge in [-0.1, -0.05) is 17.7 Å². The van der Waals surface area contributed by atoms with Gasteiger partial charge >= 0.3 is 0 Å². The van der Waals surface area contributed by atoms with Gasteiger partial charge in [-0.2, -0.15) is 0 Å². The van der Waals surface area contributed by atoms with Crippen LogP contribution >= 0.6 is 11.6 Å². The molecule has 1 aliphatic heterocycles. The third-order valence-electron chi connectivity index (χ3n) is 4.18. The number of halogens is 1. The first kappa shape index (κ1) is 18.7. The fourth-order valence-corrected chi connectivity index (χ4v) is 3.07. The van der Waals surface area contributed by atoms with Gasteiger partial charge in [-0.15, -0.1) is 0 Å². The second-order valence-corrected chi connectivity index (χ2v) is 6.19. The van der Waals surface area contributed by atoms with Gasteiger partial charge in [0, 0.05) is 24.7 Å². The highest BCUT2D eigenvalue weighted by molar-refractivity contribution is 6.37. The molecular weight excluding hydrogens is 372 g/mol. The summed E-state index contributed by atoms with van der Waals surface area (Å²) < 4.78 is 10.3. The van der Waals surface area contributed by atoms with Crippen molar-refractivity contribution in [2.75, 3.05) is 27.3 Å². The molecular formula is C19H17ClN2O5. The van der Waals surface area contributed by atoms with Crippen LogP contribution in [0.2, 0.25) is 5.02 Å². The molecule has 0 saturated carbocycles. The number of benzene rings is 2. The minimum atomic E-state index is -0.460. The lowest BCUT2D eigenvalue weighted by atomic mass is 10.1. The van der Waals surface area contributed by atoms with Crippen molar-refractivity contribution in [2.24, 2.45) is 0 Å². The summed E-state index contributed by atoms with van der Waals surface area (Å²) in [6.45, 7) is 0.136. The predicted octanol–water partition coefficient (Wildman–Crippen LogP) is 2.38. The average molecular weight is 389 g/mol. The molecule has 7 nitrogen and oxygen atoms in total. The maximum Gasteiger partial charge on any atom is 0.263 e. The smallest absolute Gasteiger partial charge is 0.263 e. The van der Waals surface area contributed by atoms with Crippen molar-refractivity contribution in [3.05, 3.63) is 58.1 Å². The van der Waals surface area contributed by atoms with E-state index in [0.29, 0.717) is 17.1 Å². The Morgan fingerprint density at radius 2 is 1.74 bits per heavy atom. The molecule has 0 aliphatic carbocycles. The van der Waals surface area contributed by atoms with Crippen LogP contribution in [0, 0.1) is 0 Å². The Bertz CT molecular complexity index is 906. The number of fused-ring (bicyclic) bond motifs is 1. The molecule has 3 amide bonds. The molecule has 1 aliphatic rings. The number of hydrogen-bond donors (Lipinski definition) is 1. The number of carbonyl (C=O) groups excluding carboxylic acids is 3. The van der Waals surface area contributed by atoms with Gasteiger partial charge in [-0.05, 0) is 24.3 Å². The minimum Gasteiger partial charge on any atom is -0.497 e. The summed E-state index contributed by atoms with van der Waals surface area (Å²) in [5.74, 6) is -0.293. The van der Waals surface area contributed by atoms with E-state index in [2.05, 4.69) is 5.32 Å². The number of rotatable bonds is 6. The lowest BCUT2D eigenvalue weighted by Gasteiger charge is -2.14. The summed E-state index contributed by atoms with van der Waals surface area (Å²) in [4.78, 5) is 38.2. The predicted molar refractivity (Wildman–Crippen MR) is 98.7 cm³/mol. The molecule has 0 spiro atoms. The van der Waals surface area contributed by atoms with Gasteiger partial charge in [0.2, 0.25) is 0 Å². The van der Waals surface area contributed by atoms with Crippen LogP contribution in [0.25, 0.3) is 0 Å². The summed E-state index contributed by atoms with van der Waals surface area (Å²) >= 11 is 6.02. The van der Waals surface area contributed by atoms with Gasteiger partial charge in [0.05, 0.1) is 30.4 Å². The van der Waals surface area contributed by atoms with Crippen LogP contribution in [0.3, 0.4) is 0 Å². The zero-order valence-electron chi connectivity index (χ0n) is 14.7. The van der Waals surface area contributed by atoms with E-state index in [9.17, 15) is 14.4 Å². The number of hydrogen-bond acceptors (Lipinski definition) is 5. The van der Waals surface area contributed by atoms with E-state index in [-0.39, 0.29) is 35.1 Å². The van der Waals surface area contributed by atoms with Gasteiger partial charge in [-0.3, -0.25) is 19.3 Å². The standard InChI is InChI=1S/C19H17ClN2O5/c1-26-12-8-11(9-13(10-12)27-2)17(23)21-6-7-22-18(24)14-4-3-5-15(20)16(14)19(22)25/h3-5,8-10H,6-7H2,1-2H3,(H,21,23). The Hall–Kier alpha value is -3.06. The van der Waals surface area contributed by atoms with E-state index in [1.54, 1.807) is 36.4 Å². The number of imide groups is 1. The van der Waals surface area contributed by atoms with Gasteiger partial charge in [0.25, 0.3) is 17.7 Å². The molecule has 0 bridgehead atoms. The molecule has 3 rings (SSSR count). The zero-order chi connectivity index (χ0) is 19.6. The van der Waals surface area contributed by atoms with E-state index >= 15 is 0 Å². The highest BCUT2D eigenvalue weighted by atomic mass is 35.5. The lowest BCUT2D eigenvalue weighted by Crippen LogP contribution is -2.38. The number of nitrogens with one attached hydrogen (secondary N) is 1. The van der Waals surface area contributed by atoms with Crippen molar-refractivity contribution >= 4 is 29.3 Å². The molecule has 0 saturated heterocycles. The van der Waals surface area contributed by atoms with Crippen molar-refractivity contribution < 1.29 is 23.9 Å². The van der Waals surface area contributed by atoms with Crippen molar-refractivity contribution in [1.29, 1.82) is 0 Å². The molecule has 2 aromatic rings. The number of carbonyl (C=O) groups is 3. The van der Waals surface area contributed by atoms with Crippen molar-refractivity contribution in [1.82, 2.24) is 10.2 Å². The maximum absolute atomic E-state index is 12.4. The Labute approximate surface area is 160 Å². The number of ether oxygens (including phenoxy) is 2. The minimum absolute atomic E-state index is 0.0372. The zero-order valence-corrected chi connectivity index (χ0v) is 15.5. The third-order valence-corrected chi connectivity index (χ3v) is 4.50. The van der Waals surface area contributed by atoms with Crippen molar-refractivity contribution in [3.8, 4) is 11.5 Å². The molecule has 140 valence electrons. The van der Waals surface area contributed by atoms with Crippen LogP contribution in [0.4, 0.5) is 0 Å². The summed E-state index contributed by atoms with van der Waals surface area (Å²) in [7, 11) is 2.98. The van der Waals surface area contributed by atoms with E-state index in [4.69, 9.17) is 21.1 Å². The van der Waals surface area contributed by atoms with Crippen LogP contribution in [0.5, 0.6) is 11.5 Å². The molecule has 0 fully saturated rings. The first-order valence-corrected chi connectivity index (χ1v) is 8.50. The average Bonchev–Trinajstić information content (AvgIpc) is 2.93. The molecule has 0 radical (unpaired) electrons. The fraction of sp³-hybridized carbons (Fsp3) is 0.211. The maximum atomic E-state index is 12.4. The number of nitrogens with zero attached hydrogens (tertiary/aromatic N) is 1. The van der Waals surface area contributed by atoms with E-state index < -0.39 is 11.8 Å². The van der Waals surface area contributed by atoms with Crippen LogP contribution in [0.15, 0.2) is 36.4 Å². The van der Waals surface area contributed by atoms with E-state index in [0.717, 1.165) is 4.90 Å². The first-order valence-electron chi connectivity index (χ1n) is 8.12. The highest BCUT2D eigenvalue weighted by Gasteiger charge is 2.36. The van der Waals surface area contributed by atoms with Crippen molar-refractivity contribution in [2.45, 2.75) is 0 Å². The Kier molecular flexibility index (Phi) is 5.32. The largest absolute Gasteiger partial charge is 0.497 e. The molecule has 1 heterocycles. The van der Waals surface area contributed by atoms with E-state index in [1.807, 2.05) is 0 Å². The summed E-state index contributed by atoms with van der Waals surface area (Å²) in [6.07, 6.45) is 0. The van der Waals surface area contributed by atoms with Crippen molar-refractivity contribution in [3.63, 3.8) is 0 Å². The second-order valence-electron chi connectivity index (χ2n) is 5.78. The molecule has 0 atom stereocenters. The van der Waals surface area contributed by atoms with Gasteiger partial charge in [0.15, 0.2) is 0 Å². The molecule has 0 unspecified atom stereocenters. The number of amides is 3. The summed E-state index contributed by atoms with van der Waals surface area (Å²) in [5, 5.41) is 2.92. The summed E-state index contributed by atoms with van der Waals surface area (Å²) in [6, 6.07) is 9.53.